The van der Waals surface area contributed by atoms with Crippen molar-refractivity contribution in [2.75, 3.05) is 0 Å². The van der Waals surface area contributed by atoms with Crippen LogP contribution in [0.15, 0.2) is 0 Å². The van der Waals surface area contributed by atoms with E-state index in [1.807, 2.05) is 0 Å². The van der Waals surface area contributed by atoms with Crippen LogP contribution < -0.4 is 0 Å². The summed E-state index contributed by atoms with van der Waals surface area (Å²) < 4.78 is 0. The maximum atomic E-state index is 11.1. The molecule has 4 aliphatic rings. The van der Waals surface area contributed by atoms with E-state index in [0.29, 0.717) is 29.6 Å². The van der Waals surface area contributed by atoms with E-state index in [1.165, 1.54) is 51.4 Å². The van der Waals surface area contributed by atoms with Crippen molar-refractivity contribution in [3.63, 3.8) is 0 Å². The van der Waals surface area contributed by atoms with Crippen molar-refractivity contribution in [3.8, 4) is 0 Å². The summed E-state index contributed by atoms with van der Waals surface area (Å²) in [5.74, 6) is 2.46. The van der Waals surface area contributed by atoms with Crippen molar-refractivity contribution < 1.29 is 10.2 Å². The normalized spacial score (nSPS) is 56.2. The Balaban J connectivity index is 1.68. The van der Waals surface area contributed by atoms with Gasteiger partial charge in [0.25, 0.3) is 0 Å². The molecule has 0 unspecified atom stereocenters. The minimum Gasteiger partial charge on any atom is -0.365 e. The fraction of sp³-hybridized carbons (Fsp3) is 1.00. The fourth-order valence-electron chi connectivity index (χ4n) is 8.47. The molecular weight excluding hydrogens is 296 g/mol. The highest BCUT2D eigenvalue weighted by molar-refractivity contribution is 5.12. The number of aliphatic hydroxyl groups is 2. The van der Waals surface area contributed by atoms with Gasteiger partial charge in [0.2, 0.25) is 0 Å². The largest absolute Gasteiger partial charge is 0.365 e. The van der Waals surface area contributed by atoms with E-state index in [0.717, 1.165) is 17.8 Å². The van der Waals surface area contributed by atoms with E-state index in [9.17, 15) is 10.2 Å². The first-order chi connectivity index (χ1) is 11.2. The molecule has 0 aromatic carbocycles. The average molecular weight is 335 g/mol. The molecule has 4 saturated carbocycles. The quantitative estimate of drug-likeness (QED) is 0.664. The predicted molar refractivity (Wildman–Crippen MR) is 97.2 cm³/mol. The summed E-state index contributed by atoms with van der Waals surface area (Å²) in [6.45, 7) is 9.39. The van der Waals surface area contributed by atoms with Gasteiger partial charge in [-0.25, -0.2) is 0 Å². The number of rotatable bonds is 1. The minimum atomic E-state index is -1.46. The molecule has 0 spiro atoms. The molecule has 0 aromatic heterocycles. The first-order valence-corrected chi connectivity index (χ1v) is 10.7. The molecule has 2 heteroatoms. The van der Waals surface area contributed by atoms with Crippen molar-refractivity contribution >= 4 is 0 Å². The Labute approximate surface area is 148 Å². The minimum absolute atomic E-state index is 0.284. The maximum absolute atomic E-state index is 11.1. The lowest BCUT2D eigenvalue weighted by Gasteiger charge is -2.64. The Kier molecular flexibility index (Phi) is 3.94. The zero-order valence-corrected chi connectivity index (χ0v) is 16.2. The van der Waals surface area contributed by atoms with Gasteiger partial charge in [-0.05, 0) is 85.9 Å². The Hall–Kier alpha value is -0.0800. The zero-order chi connectivity index (χ0) is 17.3. The van der Waals surface area contributed by atoms with Crippen LogP contribution >= 0.6 is 0 Å². The van der Waals surface area contributed by atoms with Gasteiger partial charge in [0.1, 0.15) is 0 Å². The van der Waals surface area contributed by atoms with Gasteiger partial charge >= 0.3 is 0 Å². The lowest BCUT2D eigenvalue weighted by atomic mass is 9.42. The summed E-state index contributed by atoms with van der Waals surface area (Å²) in [6, 6.07) is 0. The summed E-state index contributed by atoms with van der Waals surface area (Å²) in [7, 11) is 0. The first-order valence-electron chi connectivity index (χ1n) is 10.7. The summed E-state index contributed by atoms with van der Waals surface area (Å²) in [4.78, 5) is 0. The zero-order valence-electron chi connectivity index (χ0n) is 16.2. The van der Waals surface area contributed by atoms with E-state index in [4.69, 9.17) is 0 Å². The lowest BCUT2D eigenvalue weighted by Crippen LogP contribution is -2.64. The highest BCUT2D eigenvalue weighted by Crippen LogP contribution is 2.69. The number of fused-ring (bicyclic) bond motifs is 5. The standard InChI is InChI=1S/C22H38O2/c1-5-15-7-9-18-17-8-6-16-12-14(2)13-22(23,24)21(16,4)19(17)10-11-20(15,18)3/h14-19,23-24H,5-13H2,1-4H3/t14-,15+,16+,17+,18+,19+,20-,21+/m1/s1. The molecule has 4 aliphatic carbocycles. The van der Waals surface area contributed by atoms with Crippen LogP contribution in [0.5, 0.6) is 0 Å². The van der Waals surface area contributed by atoms with Crippen LogP contribution in [0.3, 0.4) is 0 Å². The number of hydrogen-bond donors (Lipinski definition) is 2. The van der Waals surface area contributed by atoms with Crippen molar-refractivity contribution in [1.29, 1.82) is 0 Å². The van der Waals surface area contributed by atoms with E-state index in [1.54, 1.807) is 0 Å². The molecular formula is C22H38O2. The molecule has 4 fully saturated rings. The monoisotopic (exact) mass is 334 g/mol. The van der Waals surface area contributed by atoms with E-state index in [-0.39, 0.29) is 5.41 Å². The fourth-order valence-corrected chi connectivity index (χ4v) is 8.47. The second-order valence-corrected chi connectivity index (χ2v) is 10.5. The molecule has 8 atom stereocenters. The molecule has 0 radical (unpaired) electrons. The summed E-state index contributed by atoms with van der Waals surface area (Å²) in [5.41, 5.74) is 0.239. The summed E-state index contributed by atoms with van der Waals surface area (Å²) in [5, 5.41) is 22.2. The van der Waals surface area contributed by atoms with Gasteiger partial charge in [-0.1, -0.05) is 34.1 Å². The maximum Gasteiger partial charge on any atom is 0.168 e. The third kappa shape index (κ3) is 2.08. The highest BCUT2D eigenvalue weighted by Gasteiger charge is 2.65. The molecule has 0 amide bonds. The van der Waals surface area contributed by atoms with E-state index < -0.39 is 5.79 Å². The molecule has 0 aromatic rings. The van der Waals surface area contributed by atoms with Crippen molar-refractivity contribution in [3.05, 3.63) is 0 Å². The average Bonchev–Trinajstić information content (AvgIpc) is 2.84. The van der Waals surface area contributed by atoms with Crippen LogP contribution in [0.2, 0.25) is 0 Å². The Morgan fingerprint density at radius 3 is 2.42 bits per heavy atom. The second-order valence-electron chi connectivity index (χ2n) is 10.5. The smallest absolute Gasteiger partial charge is 0.168 e. The van der Waals surface area contributed by atoms with Crippen LogP contribution in [0.1, 0.15) is 85.5 Å². The lowest BCUT2D eigenvalue weighted by molar-refractivity contribution is -0.320. The van der Waals surface area contributed by atoms with E-state index in [2.05, 4.69) is 27.7 Å². The topological polar surface area (TPSA) is 40.5 Å². The van der Waals surface area contributed by atoms with Crippen LogP contribution in [-0.2, 0) is 0 Å². The number of hydrogen-bond acceptors (Lipinski definition) is 2. The second kappa shape index (κ2) is 5.46. The van der Waals surface area contributed by atoms with Crippen LogP contribution in [-0.4, -0.2) is 16.0 Å². The Morgan fingerprint density at radius 1 is 0.958 bits per heavy atom. The summed E-state index contributed by atoms with van der Waals surface area (Å²) in [6.07, 6.45) is 11.0. The van der Waals surface area contributed by atoms with Gasteiger partial charge in [-0.3, -0.25) is 0 Å². The molecule has 2 N–H and O–H groups in total. The molecule has 0 saturated heterocycles. The van der Waals surface area contributed by atoms with Crippen molar-refractivity contribution in [2.24, 2.45) is 46.3 Å². The summed E-state index contributed by atoms with van der Waals surface area (Å²) >= 11 is 0. The molecule has 2 nitrogen and oxygen atoms in total. The molecule has 0 heterocycles. The third-order valence-corrected chi connectivity index (χ3v) is 9.78. The van der Waals surface area contributed by atoms with Crippen molar-refractivity contribution in [1.82, 2.24) is 0 Å². The Morgan fingerprint density at radius 2 is 1.71 bits per heavy atom. The Bertz CT molecular complexity index is 500. The van der Waals surface area contributed by atoms with Gasteiger partial charge in [0, 0.05) is 11.8 Å². The SMILES string of the molecule is CC[C@H]1CC[C@H]2[C@@H]3CC[C@H]4C[C@@H](C)CC(O)(O)[C@]4(C)[C@H]3CC[C@]12C. The molecule has 0 bridgehead atoms. The van der Waals surface area contributed by atoms with Gasteiger partial charge in [-0.15, -0.1) is 0 Å². The van der Waals surface area contributed by atoms with Crippen LogP contribution in [0.25, 0.3) is 0 Å². The molecule has 4 rings (SSSR count). The van der Waals surface area contributed by atoms with Gasteiger partial charge < -0.3 is 10.2 Å². The van der Waals surface area contributed by atoms with Gasteiger partial charge in [-0.2, -0.15) is 0 Å². The van der Waals surface area contributed by atoms with Crippen LogP contribution in [0.4, 0.5) is 0 Å². The van der Waals surface area contributed by atoms with Crippen LogP contribution in [0, 0.1) is 46.3 Å². The van der Waals surface area contributed by atoms with Crippen molar-refractivity contribution in [2.45, 2.75) is 91.3 Å². The van der Waals surface area contributed by atoms with Gasteiger partial charge in [0.15, 0.2) is 5.79 Å². The first kappa shape index (κ1) is 17.3. The van der Waals surface area contributed by atoms with Gasteiger partial charge in [0.05, 0.1) is 0 Å². The molecule has 138 valence electrons. The third-order valence-electron chi connectivity index (χ3n) is 9.78. The predicted octanol–water partition coefficient (Wildman–Crippen LogP) is 4.98. The highest BCUT2D eigenvalue weighted by atomic mass is 16.5. The molecule has 0 aliphatic heterocycles. The van der Waals surface area contributed by atoms with E-state index >= 15 is 0 Å². The molecule has 24 heavy (non-hydrogen) atoms.